The second-order valence-electron chi connectivity index (χ2n) is 4.69. The topological polar surface area (TPSA) is 102 Å². The third-order valence-corrected chi connectivity index (χ3v) is 3.08. The van der Waals surface area contributed by atoms with Gasteiger partial charge in [-0.15, -0.1) is 4.91 Å². The molecule has 7 heteroatoms. The highest BCUT2D eigenvalue weighted by Crippen LogP contribution is 2.17. The summed E-state index contributed by atoms with van der Waals surface area (Å²) in [5, 5.41) is 4.03. The number of esters is 1. The molecule has 7 nitrogen and oxygen atoms in total. The molecular formula is C13H25N3O4. The first-order chi connectivity index (χ1) is 9.49. The summed E-state index contributed by atoms with van der Waals surface area (Å²) in [6.07, 6.45) is 2.23. The van der Waals surface area contributed by atoms with E-state index in [1.54, 1.807) is 13.8 Å². The Morgan fingerprint density at radius 3 is 2.35 bits per heavy atom. The first kappa shape index (κ1) is 18.3. The van der Waals surface area contributed by atoms with Crippen molar-refractivity contribution in [2.75, 3.05) is 13.2 Å². The molecule has 0 saturated heterocycles. The minimum Gasteiger partial charge on any atom is -0.466 e. The van der Waals surface area contributed by atoms with E-state index in [-0.39, 0.29) is 24.9 Å². The molecule has 0 aliphatic heterocycles. The van der Waals surface area contributed by atoms with Crippen molar-refractivity contribution in [1.29, 1.82) is 0 Å². The molecule has 0 radical (unpaired) electrons. The van der Waals surface area contributed by atoms with Crippen molar-refractivity contribution >= 4 is 11.9 Å². The third-order valence-electron chi connectivity index (χ3n) is 3.08. The van der Waals surface area contributed by atoms with Crippen LogP contribution in [0.3, 0.4) is 0 Å². The number of rotatable bonds is 11. The average Bonchev–Trinajstić information content (AvgIpc) is 2.38. The molecule has 0 bridgehead atoms. The average molecular weight is 287 g/mol. The van der Waals surface area contributed by atoms with E-state index in [1.807, 2.05) is 6.92 Å². The van der Waals surface area contributed by atoms with Crippen LogP contribution in [0.15, 0.2) is 5.29 Å². The quantitative estimate of drug-likeness (QED) is 0.353. The first-order valence-electron chi connectivity index (χ1n) is 7.04. The Morgan fingerprint density at radius 1 is 1.30 bits per heavy atom. The summed E-state index contributed by atoms with van der Waals surface area (Å²) >= 11 is 0. The van der Waals surface area contributed by atoms with Gasteiger partial charge < -0.3 is 10.5 Å². The molecule has 0 aliphatic rings. The Labute approximate surface area is 119 Å². The zero-order valence-electron chi connectivity index (χ0n) is 12.5. The Kier molecular flexibility index (Phi) is 9.32. The van der Waals surface area contributed by atoms with Crippen LogP contribution in [0, 0.1) is 10.8 Å². The largest absolute Gasteiger partial charge is 0.466 e. The molecule has 0 rings (SSSR count). The van der Waals surface area contributed by atoms with Gasteiger partial charge >= 0.3 is 5.97 Å². The van der Waals surface area contributed by atoms with Crippen molar-refractivity contribution in [3.8, 4) is 0 Å². The van der Waals surface area contributed by atoms with Gasteiger partial charge in [0.1, 0.15) is 6.04 Å². The van der Waals surface area contributed by atoms with Crippen LogP contribution in [0.5, 0.6) is 0 Å². The van der Waals surface area contributed by atoms with Crippen LogP contribution in [-0.2, 0) is 14.3 Å². The van der Waals surface area contributed by atoms with E-state index in [4.69, 9.17) is 10.5 Å². The van der Waals surface area contributed by atoms with Crippen LogP contribution in [0.2, 0.25) is 0 Å². The molecular weight excluding hydrogens is 262 g/mol. The monoisotopic (exact) mass is 287 g/mol. The number of carbonyl (C=O) groups excluding carboxylic acids is 2. The van der Waals surface area contributed by atoms with Gasteiger partial charge in [-0.3, -0.25) is 9.59 Å². The van der Waals surface area contributed by atoms with Gasteiger partial charge in [0.25, 0.3) is 0 Å². The number of amides is 1. The molecule has 0 unspecified atom stereocenters. The van der Waals surface area contributed by atoms with E-state index in [0.29, 0.717) is 13.0 Å². The maximum absolute atomic E-state index is 11.5. The molecule has 116 valence electrons. The number of nitrogens with zero attached hydrogens (tertiary/aromatic N) is 2. The van der Waals surface area contributed by atoms with E-state index >= 15 is 0 Å². The molecule has 0 saturated carbocycles. The van der Waals surface area contributed by atoms with Crippen LogP contribution < -0.4 is 5.73 Å². The minimum absolute atomic E-state index is 0.0786. The van der Waals surface area contributed by atoms with Gasteiger partial charge in [0.05, 0.1) is 18.3 Å². The van der Waals surface area contributed by atoms with Crippen LogP contribution in [-0.4, -0.2) is 36.1 Å². The van der Waals surface area contributed by atoms with Crippen LogP contribution in [0.1, 0.15) is 46.5 Å². The lowest BCUT2D eigenvalue weighted by molar-refractivity contribution is -0.144. The van der Waals surface area contributed by atoms with Gasteiger partial charge in [-0.1, -0.05) is 20.3 Å². The molecule has 2 atom stereocenters. The number of primary amides is 1. The molecule has 0 fully saturated rings. The fourth-order valence-electron chi connectivity index (χ4n) is 2.16. The highest BCUT2D eigenvalue weighted by atomic mass is 16.5. The summed E-state index contributed by atoms with van der Waals surface area (Å²) in [6.45, 7) is 6.05. The van der Waals surface area contributed by atoms with Crippen LogP contribution >= 0.6 is 0 Å². The lowest BCUT2D eigenvalue weighted by atomic mass is 9.98. The molecule has 0 aromatic rings. The highest BCUT2D eigenvalue weighted by molar-refractivity contribution is 5.79. The van der Waals surface area contributed by atoms with E-state index in [0.717, 1.165) is 17.9 Å². The Bertz CT molecular complexity index is 323. The molecule has 0 heterocycles. The minimum atomic E-state index is -0.728. The van der Waals surface area contributed by atoms with Crippen molar-refractivity contribution in [1.82, 2.24) is 5.01 Å². The summed E-state index contributed by atoms with van der Waals surface area (Å²) in [5.74, 6) is -0.965. The van der Waals surface area contributed by atoms with Gasteiger partial charge in [0.2, 0.25) is 5.91 Å². The fourth-order valence-corrected chi connectivity index (χ4v) is 2.16. The van der Waals surface area contributed by atoms with Gasteiger partial charge in [-0.05, 0) is 25.7 Å². The van der Waals surface area contributed by atoms with Gasteiger partial charge in [-0.2, -0.15) is 0 Å². The van der Waals surface area contributed by atoms with E-state index < -0.39 is 11.9 Å². The maximum Gasteiger partial charge on any atom is 0.306 e. The number of nitroso groups, excluding NO2 is 1. The fraction of sp³-hybridized carbons (Fsp3) is 0.846. The van der Waals surface area contributed by atoms with E-state index in [2.05, 4.69) is 5.29 Å². The summed E-state index contributed by atoms with van der Waals surface area (Å²) in [6, 6.07) is -0.728. The normalized spacial score (nSPS) is 13.3. The summed E-state index contributed by atoms with van der Waals surface area (Å²) in [4.78, 5) is 33.7. The smallest absolute Gasteiger partial charge is 0.306 e. The number of ether oxygens (including phenoxy) is 1. The lowest BCUT2D eigenvalue weighted by Gasteiger charge is -2.26. The van der Waals surface area contributed by atoms with E-state index in [1.165, 1.54) is 0 Å². The SMILES string of the molecule is CCC[C@H](CC(=O)OCC)CN(N=O)[C@@H](CC)C(N)=O. The predicted molar refractivity (Wildman–Crippen MR) is 75.4 cm³/mol. The number of nitrogens with two attached hydrogens (primary N) is 1. The molecule has 0 spiro atoms. The number of hydrogen-bond donors (Lipinski definition) is 1. The first-order valence-corrected chi connectivity index (χ1v) is 7.04. The molecule has 0 aromatic carbocycles. The Balaban J connectivity index is 4.70. The molecule has 0 aromatic heterocycles. The predicted octanol–water partition coefficient (Wildman–Crippen LogP) is 1.60. The number of hydrogen-bond acceptors (Lipinski definition) is 5. The second-order valence-corrected chi connectivity index (χ2v) is 4.69. The summed E-state index contributed by atoms with van der Waals surface area (Å²) < 4.78 is 4.91. The van der Waals surface area contributed by atoms with Crippen molar-refractivity contribution < 1.29 is 14.3 Å². The Hall–Kier alpha value is -1.66. The Morgan fingerprint density at radius 2 is 1.95 bits per heavy atom. The maximum atomic E-state index is 11.5. The highest BCUT2D eigenvalue weighted by Gasteiger charge is 2.26. The molecule has 2 N–H and O–H groups in total. The van der Waals surface area contributed by atoms with Crippen LogP contribution in [0.25, 0.3) is 0 Å². The van der Waals surface area contributed by atoms with Crippen molar-refractivity contribution in [3.05, 3.63) is 4.91 Å². The van der Waals surface area contributed by atoms with Crippen molar-refractivity contribution in [2.45, 2.75) is 52.5 Å². The standard InChI is InChI=1S/C13H25N3O4/c1-4-7-10(8-12(17)20-6-3)9-16(15-19)11(5-2)13(14)18/h10-11H,4-9H2,1-3H3,(H2,14,18)/t10-,11+/m1/s1. The third kappa shape index (κ3) is 6.49. The van der Waals surface area contributed by atoms with Gasteiger partial charge in [0, 0.05) is 6.54 Å². The molecule has 1 amide bonds. The summed E-state index contributed by atoms with van der Waals surface area (Å²) in [5.41, 5.74) is 5.25. The van der Waals surface area contributed by atoms with E-state index in [9.17, 15) is 14.5 Å². The van der Waals surface area contributed by atoms with Gasteiger partial charge in [0.15, 0.2) is 0 Å². The van der Waals surface area contributed by atoms with Crippen molar-refractivity contribution in [2.24, 2.45) is 16.9 Å². The molecule has 20 heavy (non-hydrogen) atoms. The summed E-state index contributed by atoms with van der Waals surface area (Å²) in [7, 11) is 0. The zero-order chi connectivity index (χ0) is 15.5. The number of carbonyl (C=O) groups is 2. The van der Waals surface area contributed by atoms with Crippen molar-refractivity contribution in [3.63, 3.8) is 0 Å². The zero-order valence-corrected chi connectivity index (χ0v) is 12.5. The lowest BCUT2D eigenvalue weighted by Crippen LogP contribution is -2.43. The van der Waals surface area contributed by atoms with Crippen LogP contribution in [0.4, 0.5) is 0 Å². The second kappa shape index (κ2) is 10.2. The van der Waals surface area contributed by atoms with Gasteiger partial charge in [-0.25, -0.2) is 5.01 Å². The molecule has 0 aliphatic carbocycles.